The van der Waals surface area contributed by atoms with Crippen molar-refractivity contribution in [3.05, 3.63) is 83.2 Å². The van der Waals surface area contributed by atoms with Crippen molar-refractivity contribution >= 4 is 33.2 Å². The minimum Gasteiger partial charge on any atom is -0.279 e. The molecule has 0 spiro atoms. The molecule has 0 saturated heterocycles. The van der Waals surface area contributed by atoms with Gasteiger partial charge in [0.25, 0.3) is 21.8 Å². The zero-order valence-electron chi connectivity index (χ0n) is 16.7. The molecule has 5 rings (SSSR count). The number of amides is 2. The normalized spacial score (nSPS) is 15.8. The maximum Gasteiger partial charge on any atom is 0.268 e. The van der Waals surface area contributed by atoms with E-state index in [4.69, 9.17) is 0 Å². The van der Waals surface area contributed by atoms with E-state index in [0.717, 1.165) is 28.9 Å². The summed E-state index contributed by atoms with van der Waals surface area (Å²) >= 11 is 0. The third-order valence-electron chi connectivity index (χ3n) is 5.57. The molecule has 2 aliphatic rings. The summed E-state index contributed by atoms with van der Waals surface area (Å²) in [6, 6.07) is 13.0. The molecule has 0 radical (unpaired) electrons. The molecule has 1 fully saturated rings. The molecule has 2 amide bonds. The molecule has 1 saturated carbocycles. The molecule has 7 nitrogen and oxygen atoms in total. The standard InChI is InChI=1S/C23H19N3O4S/c1-14-4-8-17(9-5-14)31(29,30)25-19-11-10-18(15-6-7-15)20-21(19)23(28)26(22(20)27)16-3-2-12-24-13-16/h2-5,8-13,15,25H,6-7H2,1H3. The first kappa shape index (κ1) is 19.4. The van der Waals surface area contributed by atoms with Crippen LogP contribution in [-0.2, 0) is 10.0 Å². The number of aryl methyl sites for hydroxylation is 1. The summed E-state index contributed by atoms with van der Waals surface area (Å²) in [5.74, 6) is -0.800. The average molecular weight is 433 g/mol. The van der Waals surface area contributed by atoms with E-state index in [1.165, 1.54) is 18.3 Å². The Morgan fingerprint density at radius 3 is 2.32 bits per heavy atom. The van der Waals surface area contributed by atoms with Crippen molar-refractivity contribution in [2.24, 2.45) is 0 Å². The van der Waals surface area contributed by atoms with Crippen LogP contribution in [0, 0.1) is 6.92 Å². The average Bonchev–Trinajstić information content (AvgIpc) is 3.55. The summed E-state index contributed by atoms with van der Waals surface area (Å²) in [5.41, 5.74) is 2.54. The first-order valence-corrected chi connectivity index (χ1v) is 11.4. The number of hydrogen-bond donors (Lipinski definition) is 1. The van der Waals surface area contributed by atoms with E-state index in [-0.39, 0.29) is 27.6 Å². The molecule has 156 valence electrons. The van der Waals surface area contributed by atoms with Gasteiger partial charge in [-0.05, 0) is 61.6 Å². The summed E-state index contributed by atoms with van der Waals surface area (Å²) < 4.78 is 28.4. The van der Waals surface area contributed by atoms with Crippen LogP contribution < -0.4 is 9.62 Å². The monoisotopic (exact) mass is 433 g/mol. The van der Waals surface area contributed by atoms with Gasteiger partial charge >= 0.3 is 0 Å². The fourth-order valence-corrected chi connectivity index (χ4v) is 4.92. The third kappa shape index (κ3) is 3.29. The summed E-state index contributed by atoms with van der Waals surface area (Å²) in [5, 5.41) is 0. The number of imide groups is 1. The molecule has 0 bridgehead atoms. The van der Waals surface area contributed by atoms with Crippen LogP contribution in [0.1, 0.15) is 50.6 Å². The minimum absolute atomic E-state index is 0.0824. The van der Waals surface area contributed by atoms with Gasteiger partial charge in [-0.15, -0.1) is 0 Å². The lowest BCUT2D eigenvalue weighted by Gasteiger charge is -2.13. The Morgan fingerprint density at radius 2 is 1.68 bits per heavy atom. The fraction of sp³-hybridized carbons (Fsp3) is 0.174. The number of sulfonamides is 1. The number of anilines is 2. The number of nitrogens with one attached hydrogen (secondary N) is 1. The highest BCUT2D eigenvalue weighted by molar-refractivity contribution is 7.92. The van der Waals surface area contributed by atoms with Crippen LogP contribution in [0.25, 0.3) is 0 Å². The van der Waals surface area contributed by atoms with E-state index in [1.807, 2.05) is 6.92 Å². The summed E-state index contributed by atoms with van der Waals surface area (Å²) in [4.78, 5) is 31.8. The molecule has 8 heteroatoms. The van der Waals surface area contributed by atoms with Gasteiger partial charge in [-0.2, -0.15) is 0 Å². The smallest absolute Gasteiger partial charge is 0.268 e. The van der Waals surface area contributed by atoms with Crippen molar-refractivity contribution in [1.29, 1.82) is 0 Å². The van der Waals surface area contributed by atoms with Gasteiger partial charge in [-0.1, -0.05) is 23.8 Å². The van der Waals surface area contributed by atoms with Crippen molar-refractivity contribution < 1.29 is 18.0 Å². The maximum absolute atomic E-state index is 13.3. The van der Waals surface area contributed by atoms with Gasteiger partial charge in [-0.25, -0.2) is 13.3 Å². The van der Waals surface area contributed by atoms with Gasteiger partial charge in [0.05, 0.1) is 33.6 Å². The lowest BCUT2D eigenvalue weighted by molar-refractivity contribution is 0.0926. The van der Waals surface area contributed by atoms with Crippen LogP contribution >= 0.6 is 0 Å². The molecule has 1 N–H and O–H groups in total. The Kier molecular flexibility index (Phi) is 4.40. The Morgan fingerprint density at radius 1 is 0.968 bits per heavy atom. The Labute approximate surface area is 179 Å². The van der Waals surface area contributed by atoms with Crippen molar-refractivity contribution in [2.75, 3.05) is 9.62 Å². The lowest BCUT2D eigenvalue weighted by atomic mass is 9.98. The van der Waals surface area contributed by atoms with Crippen LogP contribution in [0.3, 0.4) is 0 Å². The number of hydrogen-bond acceptors (Lipinski definition) is 5. The van der Waals surface area contributed by atoms with Gasteiger partial charge < -0.3 is 0 Å². The molecule has 1 aliphatic carbocycles. The van der Waals surface area contributed by atoms with Crippen LogP contribution in [0.4, 0.5) is 11.4 Å². The molecule has 31 heavy (non-hydrogen) atoms. The van der Waals surface area contributed by atoms with Gasteiger partial charge in [-0.3, -0.25) is 19.3 Å². The predicted octanol–water partition coefficient (Wildman–Crippen LogP) is 3.87. The zero-order chi connectivity index (χ0) is 21.8. The van der Waals surface area contributed by atoms with Crippen molar-refractivity contribution in [2.45, 2.75) is 30.6 Å². The van der Waals surface area contributed by atoms with Crippen LogP contribution in [0.15, 0.2) is 65.8 Å². The highest BCUT2D eigenvalue weighted by Crippen LogP contribution is 2.46. The van der Waals surface area contributed by atoms with Crippen molar-refractivity contribution in [1.82, 2.24) is 4.98 Å². The molecule has 0 atom stereocenters. The van der Waals surface area contributed by atoms with E-state index in [0.29, 0.717) is 5.69 Å². The maximum atomic E-state index is 13.3. The molecule has 2 aromatic carbocycles. The minimum atomic E-state index is -3.94. The van der Waals surface area contributed by atoms with E-state index in [9.17, 15) is 18.0 Å². The molecular weight excluding hydrogens is 414 g/mol. The number of rotatable bonds is 5. The van der Waals surface area contributed by atoms with Gasteiger partial charge in [0.2, 0.25) is 0 Å². The number of carbonyl (C=O) groups is 2. The zero-order valence-corrected chi connectivity index (χ0v) is 17.5. The first-order chi connectivity index (χ1) is 14.9. The Hall–Kier alpha value is -3.52. The number of benzene rings is 2. The molecule has 1 aliphatic heterocycles. The molecule has 3 aromatic rings. The van der Waals surface area contributed by atoms with Crippen LogP contribution in [0.5, 0.6) is 0 Å². The lowest BCUT2D eigenvalue weighted by Crippen LogP contribution is -2.29. The van der Waals surface area contributed by atoms with Crippen LogP contribution in [-0.4, -0.2) is 25.2 Å². The van der Waals surface area contributed by atoms with E-state index in [2.05, 4.69) is 9.71 Å². The van der Waals surface area contributed by atoms with E-state index in [1.54, 1.807) is 42.6 Å². The SMILES string of the molecule is Cc1ccc(S(=O)(=O)Nc2ccc(C3CC3)c3c2C(=O)N(c2cccnc2)C3=O)cc1. The van der Waals surface area contributed by atoms with Crippen molar-refractivity contribution in [3.63, 3.8) is 0 Å². The van der Waals surface area contributed by atoms with Gasteiger partial charge in [0, 0.05) is 6.20 Å². The number of nitrogens with zero attached hydrogens (tertiary/aromatic N) is 2. The number of aromatic nitrogens is 1. The molecule has 0 unspecified atom stereocenters. The summed E-state index contributed by atoms with van der Waals surface area (Å²) in [6.07, 6.45) is 4.87. The summed E-state index contributed by atoms with van der Waals surface area (Å²) in [7, 11) is -3.94. The largest absolute Gasteiger partial charge is 0.279 e. The van der Waals surface area contributed by atoms with Crippen LogP contribution in [0.2, 0.25) is 0 Å². The van der Waals surface area contributed by atoms with Gasteiger partial charge in [0.15, 0.2) is 0 Å². The third-order valence-corrected chi connectivity index (χ3v) is 6.95. The highest BCUT2D eigenvalue weighted by Gasteiger charge is 2.43. The first-order valence-electron chi connectivity index (χ1n) is 9.92. The Bertz CT molecular complexity index is 1310. The Balaban J connectivity index is 1.61. The number of pyridine rings is 1. The topological polar surface area (TPSA) is 96.4 Å². The quantitative estimate of drug-likeness (QED) is 0.616. The van der Waals surface area contributed by atoms with E-state index < -0.39 is 21.8 Å². The number of fused-ring (bicyclic) bond motifs is 1. The molecule has 1 aromatic heterocycles. The summed E-state index contributed by atoms with van der Waals surface area (Å²) in [6.45, 7) is 1.87. The second-order valence-corrected chi connectivity index (χ2v) is 9.48. The second kappa shape index (κ2) is 7.02. The second-order valence-electron chi connectivity index (χ2n) is 7.80. The molecule has 2 heterocycles. The highest BCUT2D eigenvalue weighted by atomic mass is 32.2. The predicted molar refractivity (Wildman–Crippen MR) is 116 cm³/mol. The van der Waals surface area contributed by atoms with Crippen molar-refractivity contribution in [3.8, 4) is 0 Å². The van der Waals surface area contributed by atoms with Gasteiger partial charge in [0.1, 0.15) is 0 Å². The fourth-order valence-electron chi connectivity index (χ4n) is 3.85. The van der Waals surface area contributed by atoms with E-state index >= 15 is 0 Å². The molecular formula is C23H19N3O4S. The number of carbonyl (C=O) groups excluding carboxylic acids is 2.